The van der Waals surface area contributed by atoms with Crippen molar-refractivity contribution in [3.8, 4) is 5.75 Å². The van der Waals surface area contributed by atoms with Crippen LogP contribution < -0.4 is 4.74 Å². The Bertz CT molecular complexity index is 911. The average Bonchev–Trinajstić information content (AvgIpc) is 3.26. The predicted molar refractivity (Wildman–Crippen MR) is 115 cm³/mol. The van der Waals surface area contributed by atoms with Crippen LogP contribution in [0.3, 0.4) is 0 Å². The first-order valence-corrected chi connectivity index (χ1v) is 9.81. The third-order valence-corrected chi connectivity index (χ3v) is 5.31. The smallest absolute Gasteiger partial charge is 0.216 e. The van der Waals surface area contributed by atoms with Crippen LogP contribution in [0.1, 0.15) is 16.7 Å². The maximum atomic E-state index is 11.8. The molecular weight excluding hydrogens is 362 g/mol. The van der Waals surface area contributed by atoms with E-state index in [2.05, 4.69) is 0 Å². The van der Waals surface area contributed by atoms with Crippen LogP contribution in [-0.2, 0) is 17.6 Å². The predicted octanol–water partition coefficient (Wildman–Crippen LogP) is 4.06. The van der Waals surface area contributed by atoms with Crippen LogP contribution in [0, 0.1) is 0 Å². The summed E-state index contributed by atoms with van der Waals surface area (Å²) in [6.45, 7) is 0.359. The summed E-state index contributed by atoms with van der Waals surface area (Å²) >= 11 is 0. The van der Waals surface area contributed by atoms with E-state index in [1.165, 1.54) is 0 Å². The van der Waals surface area contributed by atoms with E-state index in [4.69, 9.17) is 14.5 Å². The second-order valence-corrected chi connectivity index (χ2v) is 7.42. The summed E-state index contributed by atoms with van der Waals surface area (Å²) in [5.41, 5.74) is 2.00. The lowest BCUT2D eigenvalue weighted by molar-refractivity contribution is 0.00806. The Kier molecular flexibility index (Phi) is 5.63. The molecule has 1 N–H and O–H groups in total. The standard InChI is InChI=1S/C25H25NO3/c1-28-22-14-12-21(13-15-22)24-26-23(18-29-24)25(27,16-19-8-4-2-5-9-19)17-20-10-6-3-7-11-20/h2-15,23,27H,16-18H2,1H3. The van der Waals surface area contributed by atoms with Crippen LogP contribution in [0.4, 0.5) is 0 Å². The number of methoxy groups -OCH3 is 1. The fourth-order valence-corrected chi connectivity index (χ4v) is 3.74. The van der Waals surface area contributed by atoms with Crippen molar-refractivity contribution >= 4 is 5.90 Å². The Morgan fingerprint density at radius 2 is 1.45 bits per heavy atom. The van der Waals surface area contributed by atoms with Crippen molar-refractivity contribution in [1.82, 2.24) is 0 Å². The molecule has 1 atom stereocenters. The van der Waals surface area contributed by atoms with Crippen molar-refractivity contribution in [3.63, 3.8) is 0 Å². The molecule has 3 aromatic carbocycles. The fourth-order valence-electron chi connectivity index (χ4n) is 3.74. The summed E-state index contributed by atoms with van der Waals surface area (Å²) in [5, 5.41) is 11.8. The number of benzene rings is 3. The highest BCUT2D eigenvalue weighted by atomic mass is 16.5. The fraction of sp³-hybridized carbons (Fsp3) is 0.240. The summed E-state index contributed by atoms with van der Waals surface area (Å²) in [6, 6.07) is 27.4. The maximum Gasteiger partial charge on any atom is 0.216 e. The molecule has 0 radical (unpaired) electrons. The van der Waals surface area contributed by atoms with Gasteiger partial charge in [0.15, 0.2) is 0 Å². The van der Waals surface area contributed by atoms with Gasteiger partial charge in [0.1, 0.15) is 18.4 Å². The van der Waals surface area contributed by atoms with Crippen LogP contribution in [0.25, 0.3) is 0 Å². The van der Waals surface area contributed by atoms with Crippen molar-refractivity contribution in [3.05, 3.63) is 102 Å². The zero-order valence-electron chi connectivity index (χ0n) is 16.5. The van der Waals surface area contributed by atoms with Gasteiger partial charge in [0.25, 0.3) is 0 Å². The largest absolute Gasteiger partial charge is 0.497 e. The number of aliphatic hydroxyl groups is 1. The van der Waals surface area contributed by atoms with Gasteiger partial charge >= 0.3 is 0 Å². The van der Waals surface area contributed by atoms with Gasteiger partial charge in [-0.3, -0.25) is 0 Å². The van der Waals surface area contributed by atoms with E-state index in [1.807, 2.05) is 84.9 Å². The summed E-state index contributed by atoms with van der Waals surface area (Å²) in [6.07, 6.45) is 1.02. The first-order valence-electron chi connectivity index (χ1n) is 9.81. The SMILES string of the molecule is COc1ccc(C2=NC(C(O)(Cc3ccccc3)Cc3ccccc3)CO2)cc1. The van der Waals surface area contributed by atoms with Gasteiger partial charge in [0.2, 0.25) is 5.90 Å². The monoisotopic (exact) mass is 387 g/mol. The van der Waals surface area contributed by atoms with Gasteiger partial charge in [-0.2, -0.15) is 0 Å². The second kappa shape index (κ2) is 8.50. The van der Waals surface area contributed by atoms with E-state index in [-0.39, 0.29) is 6.04 Å². The van der Waals surface area contributed by atoms with Crippen LogP contribution >= 0.6 is 0 Å². The molecule has 0 aromatic heterocycles. The molecule has 1 aliphatic heterocycles. The van der Waals surface area contributed by atoms with Crippen LogP contribution in [0.2, 0.25) is 0 Å². The Balaban J connectivity index is 1.62. The lowest BCUT2D eigenvalue weighted by Gasteiger charge is -2.32. The minimum absolute atomic E-state index is 0.347. The molecule has 0 saturated carbocycles. The first-order chi connectivity index (χ1) is 14.2. The Hall–Kier alpha value is -3.11. The molecule has 29 heavy (non-hydrogen) atoms. The zero-order chi connectivity index (χ0) is 20.1. The second-order valence-electron chi connectivity index (χ2n) is 7.42. The zero-order valence-corrected chi connectivity index (χ0v) is 16.5. The van der Waals surface area contributed by atoms with Crippen molar-refractivity contribution in [2.24, 2.45) is 4.99 Å². The molecule has 1 aliphatic rings. The molecule has 148 valence electrons. The lowest BCUT2D eigenvalue weighted by Crippen LogP contribution is -2.46. The van der Waals surface area contributed by atoms with Gasteiger partial charge in [-0.05, 0) is 35.4 Å². The van der Waals surface area contributed by atoms with Gasteiger partial charge in [0.05, 0.1) is 12.7 Å². The summed E-state index contributed by atoms with van der Waals surface area (Å²) in [4.78, 5) is 4.78. The molecule has 0 saturated heterocycles. The van der Waals surface area contributed by atoms with E-state index < -0.39 is 5.60 Å². The van der Waals surface area contributed by atoms with E-state index >= 15 is 0 Å². The number of hydrogen-bond donors (Lipinski definition) is 1. The van der Waals surface area contributed by atoms with Gasteiger partial charge in [-0.15, -0.1) is 0 Å². The molecule has 0 spiro atoms. The van der Waals surface area contributed by atoms with Crippen molar-refractivity contribution < 1.29 is 14.6 Å². The molecule has 4 rings (SSSR count). The van der Waals surface area contributed by atoms with Crippen molar-refractivity contribution in [2.45, 2.75) is 24.5 Å². The van der Waals surface area contributed by atoms with E-state index in [0.717, 1.165) is 22.4 Å². The molecule has 3 aromatic rings. The molecular formula is C25H25NO3. The minimum Gasteiger partial charge on any atom is -0.497 e. The third-order valence-electron chi connectivity index (χ3n) is 5.31. The normalized spacial score (nSPS) is 16.2. The van der Waals surface area contributed by atoms with Gasteiger partial charge in [0, 0.05) is 18.4 Å². The molecule has 0 aliphatic carbocycles. The third kappa shape index (κ3) is 4.49. The van der Waals surface area contributed by atoms with Gasteiger partial charge in [-0.25, -0.2) is 4.99 Å². The van der Waals surface area contributed by atoms with Crippen LogP contribution in [0.15, 0.2) is 89.9 Å². The molecule has 4 heteroatoms. The summed E-state index contributed by atoms with van der Waals surface area (Å²) < 4.78 is 11.1. The quantitative estimate of drug-likeness (QED) is 0.665. The summed E-state index contributed by atoms with van der Waals surface area (Å²) in [5.74, 6) is 1.35. The van der Waals surface area contributed by atoms with E-state index in [0.29, 0.717) is 25.3 Å². The number of nitrogens with zero attached hydrogens (tertiary/aromatic N) is 1. The maximum absolute atomic E-state index is 11.8. The lowest BCUT2D eigenvalue weighted by atomic mass is 9.82. The number of aliphatic imine (C=N–C) groups is 1. The van der Waals surface area contributed by atoms with E-state index in [9.17, 15) is 5.11 Å². The summed E-state index contributed by atoms with van der Waals surface area (Å²) in [7, 11) is 1.64. The molecule has 0 fully saturated rings. The molecule has 0 amide bonds. The molecule has 0 bridgehead atoms. The Morgan fingerprint density at radius 3 is 1.97 bits per heavy atom. The number of rotatable bonds is 7. The molecule has 1 unspecified atom stereocenters. The van der Waals surface area contributed by atoms with Crippen LogP contribution in [-0.4, -0.2) is 36.4 Å². The van der Waals surface area contributed by atoms with E-state index in [1.54, 1.807) is 7.11 Å². The minimum atomic E-state index is -1.04. The first kappa shape index (κ1) is 19.2. The van der Waals surface area contributed by atoms with Crippen molar-refractivity contribution in [2.75, 3.05) is 13.7 Å². The highest BCUT2D eigenvalue weighted by Crippen LogP contribution is 2.29. The highest BCUT2D eigenvalue weighted by Gasteiger charge is 2.41. The Labute approximate surface area is 171 Å². The molecule has 4 nitrogen and oxygen atoms in total. The number of hydrogen-bond acceptors (Lipinski definition) is 4. The number of ether oxygens (including phenoxy) is 2. The van der Waals surface area contributed by atoms with Crippen LogP contribution in [0.5, 0.6) is 5.75 Å². The Morgan fingerprint density at radius 1 is 0.897 bits per heavy atom. The average molecular weight is 387 g/mol. The highest BCUT2D eigenvalue weighted by molar-refractivity contribution is 5.95. The molecule has 1 heterocycles. The van der Waals surface area contributed by atoms with Crippen molar-refractivity contribution in [1.29, 1.82) is 0 Å². The van der Waals surface area contributed by atoms with Gasteiger partial charge < -0.3 is 14.6 Å². The topological polar surface area (TPSA) is 51.0 Å². The van der Waals surface area contributed by atoms with Gasteiger partial charge in [-0.1, -0.05) is 60.7 Å².